The monoisotopic (exact) mass is 565 g/mol. The maximum atomic E-state index is 13.5. The highest BCUT2D eigenvalue weighted by atomic mass is 127. The SMILES string of the molecule is CCOC(=O)c1ccc(-n2c(/C=C/c3ccc(N(C)C)cc3)nc3ccc(I)cc3c2=O)cc1. The number of halogens is 1. The lowest BCUT2D eigenvalue weighted by atomic mass is 10.1. The van der Waals surface area contributed by atoms with Gasteiger partial charge in [0.1, 0.15) is 5.82 Å². The molecule has 34 heavy (non-hydrogen) atoms. The minimum atomic E-state index is -0.395. The first-order valence-corrected chi connectivity index (χ1v) is 11.9. The summed E-state index contributed by atoms with van der Waals surface area (Å²) in [7, 11) is 3.99. The topological polar surface area (TPSA) is 64.4 Å². The number of carbonyl (C=O) groups excluding carboxylic acids is 1. The second-order valence-electron chi connectivity index (χ2n) is 7.86. The van der Waals surface area contributed by atoms with Gasteiger partial charge in [-0.2, -0.15) is 0 Å². The summed E-state index contributed by atoms with van der Waals surface area (Å²) in [6, 6.07) is 20.5. The number of hydrogen-bond donors (Lipinski definition) is 0. The number of ether oxygens (including phenoxy) is 1. The number of esters is 1. The summed E-state index contributed by atoms with van der Waals surface area (Å²) in [5.74, 6) is 0.105. The number of fused-ring (bicyclic) bond motifs is 1. The van der Waals surface area contributed by atoms with Crippen molar-refractivity contribution in [3.05, 3.63) is 97.6 Å². The first kappa shape index (κ1) is 23.7. The van der Waals surface area contributed by atoms with Gasteiger partial charge in [0.25, 0.3) is 5.56 Å². The third-order valence-corrected chi connectivity index (χ3v) is 6.00. The highest BCUT2D eigenvalue weighted by Gasteiger charge is 2.13. The average Bonchev–Trinajstić information content (AvgIpc) is 2.84. The molecule has 1 aromatic heterocycles. The number of nitrogens with zero attached hydrogens (tertiary/aromatic N) is 3. The van der Waals surface area contributed by atoms with Gasteiger partial charge >= 0.3 is 5.97 Å². The van der Waals surface area contributed by atoms with E-state index >= 15 is 0 Å². The second-order valence-corrected chi connectivity index (χ2v) is 9.10. The molecule has 4 aromatic rings. The minimum Gasteiger partial charge on any atom is -0.462 e. The number of carbonyl (C=O) groups is 1. The molecule has 0 saturated heterocycles. The fourth-order valence-electron chi connectivity index (χ4n) is 3.55. The first-order valence-electron chi connectivity index (χ1n) is 10.8. The van der Waals surface area contributed by atoms with E-state index in [0.717, 1.165) is 14.8 Å². The highest BCUT2D eigenvalue weighted by molar-refractivity contribution is 14.1. The summed E-state index contributed by atoms with van der Waals surface area (Å²) in [5, 5.41) is 0.536. The zero-order valence-electron chi connectivity index (χ0n) is 19.2. The molecule has 0 fully saturated rings. The number of rotatable bonds is 6. The average molecular weight is 565 g/mol. The molecule has 0 spiro atoms. The van der Waals surface area contributed by atoms with Gasteiger partial charge in [-0.25, -0.2) is 9.78 Å². The van der Waals surface area contributed by atoms with E-state index in [4.69, 9.17) is 9.72 Å². The van der Waals surface area contributed by atoms with Crippen molar-refractivity contribution < 1.29 is 9.53 Å². The third kappa shape index (κ3) is 5.04. The maximum Gasteiger partial charge on any atom is 0.338 e. The van der Waals surface area contributed by atoms with Gasteiger partial charge in [-0.15, -0.1) is 0 Å². The first-order chi connectivity index (χ1) is 16.4. The van der Waals surface area contributed by atoms with Crippen molar-refractivity contribution in [3.8, 4) is 5.69 Å². The van der Waals surface area contributed by atoms with Gasteiger partial charge in [0.2, 0.25) is 0 Å². The second kappa shape index (κ2) is 10.2. The Bertz CT molecular complexity index is 1420. The lowest BCUT2D eigenvalue weighted by molar-refractivity contribution is 0.0526. The Balaban J connectivity index is 1.82. The molecule has 1 heterocycles. The fourth-order valence-corrected chi connectivity index (χ4v) is 4.04. The Kier molecular flexibility index (Phi) is 7.12. The van der Waals surface area contributed by atoms with Crippen molar-refractivity contribution in [2.24, 2.45) is 0 Å². The molecular weight excluding hydrogens is 541 g/mol. The lowest BCUT2D eigenvalue weighted by Gasteiger charge is -2.13. The van der Waals surface area contributed by atoms with E-state index in [1.807, 2.05) is 73.6 Å². The van der Waals surface area contributed by atoms with Crippen molar-refractivity contribution in [1.29, 1.82) is 0 Å². The van der Waals surface area contributed by atoms with Crippen molar-refractivity contribution in [3.63, 3.8) is 0 Å². The molecule has 4 rings (SSSR count). The molecular formula is C27H24IN3O3. The van der Waals surface area contributed by atoms with Gasteiger partial charge < -0.3 is 9.64 Å². The van der Waals surface area contributed by atoms with E-state index in [-0.39, 0.29) is 5.56 Å². The summed E-state index contributed by atoms with van der Waals surface area (Å²) in [4.78, 5) is 32.4. The van der Waals surface area contributed by atoms with Gasteiger partial charge in [-0.3, -0.25) is 9.36 Å². The van der Waals surface area contributed by atoms with E-state index < -0.39 is 5.97 Å². The minimum absolute atomic E-state index is 0.171. The molecule has 0 unspecified atom stereocenters. The van der Waals surface area contributed by atoms with Crippen LogP contribution in [0.1, 0.15) is 28.7 Å². The predicted molar refractivity (Wildman–Crippen MR) is 146 cm³/mol. The smallest absolute Gasteiger partial charge is 0.338 e. The molecule has 6 nitrogen and oxygen atoms in total. The molecule has 0 atom stereocenters. The molecule has 7 heteroatoms. The van der Waals surface area contributed by atoms with Gasteiger partial charge in [0, 0.05) is 23.4 Å². The molecule has 0 amide bonds. The molecule has 0 aliphatic heterocycles. The largest absolute Gasteiger partial charge is 0.462 e. The summed E-state index contributed by atoms with van der Waals surface area (Å²) >= 11 is 2.19. The molecule has 0 aliphatic rings. The molecule has 0 bridgehead atoms. The van der Waals surface area contributed by atoms with Crippen molar-refractivity contribution in [2.75, 3.05) is 25.6 Å². The number of aromatic nitrogens is 2. The van der Waals surface area contributed by atoms with Crippen molar-refractivity contribution in [1.82, 2.24) is 9.55 Å². The number of hydrogen-bond acceptors (Lipinski definition) is 5. The van der Waals surface area contributed by atoms with Crippen LogP contribution >= 0.6 is 22.6 Å². The Morgan fingerprint density at radius 3 is 2.38 bits per heavy atom. The zero-order chi connectivity index (χ0) is 24.2. The number of benzene rings is 3. The summed E-state index contributed by atoms with van der Waals surface area (Å²) in [6.07, 6.45) is 3.77. The van der Waals surface area contributed by atoms with Crippen molar-refractivity contribution in [2.45, 2.75) is 6.92 Å². The van der Waals surface area contributed by atoms with Crippen LogP contribution in [0.4, 0.5) is 5.69 Å². The summed E-state index contributed by atoms with van der Waals surface area (Å²) in [5.41, 5.74) is 3.61. The van der Waals surface area contributed by atoms with E-state index in [1.54, 1.807) is 35.8 Å². The lowest BCUT2D eigenvalue weighted by Crippen LogP contribution is -2.22. The van der Waals surface area contributed by atoms with E-state index in [0.29, 0.717) is 34.6 Å². The van der Waals surface area contributed by atoms with Gasteiger partial charge in [0.15, 0.2) is 0 Å². The quantitative estimate of drug-likeness (QED) is 0.231. The van der Waals surface area contributed by atoms with Crippen LogP contribution < -0.4 is 10.5 Å². The molecule has 0 N–H and O–H groups in total. The van der Waals surface area contributed by atoms with Crippen LogP contribution in [-0.4, -0.2) is 36.2 Å². The Morgan fingerprint density at radius 1 is 1.03 bits per heavy atom. The van der Waals surface area contributed by atoms with Crippen LogP contribution in [0.25, 0.3) is 28.7 Å². The summed E-state index contributed by atoms with van der Waals surface area (Å²) in [6.45, 7) is 2.07. The maximum absolute atomic E-state index is 13.5. The van der Waals surface area contributed by atoms with E-state index in [9.17, 15) is 9.59 Å². The van der Waals surface area contributed by atoms with Gasteiger partial charge in [-0.05, 0) is 95.8 Å². The van der Waals surface area contributed by atoms with E-state index in [2.05, 4.69) is 22.6 Å². The van der Waals surface area contributed by atoms with E-state index in [1.165, 1.54) is 0 Å². The molecule has 172 valence electrons. The standard InChI is InChI=1S/C27H24IN3O3/c1-4-34-27(33)19-8-13-22(14-9-19)31-25(16-7-18-5-11-21(12-6-18)30(2)3)29-24-15-10-20(28)17-23(24)26(31)32/h5-17H,4H2,1-3H3/b16-7+. The van der Waals surface area contributed by atoms with Crippen LogP contribution in [0.15, 0.2) is 71.5 Å². The van der Waals surface area contributed by atoms with Crippen LogP contribution in [0.5, 0.6) is 0 Å². The van der Waals surface area contributed by atoms with Crippen LogP contribution in [0, 0.1) is 3.57 Å². The van der Waals surface area contributed by atoms with Crippen LogP contribution in [-0.2, 0) is 4.74 Å². The predicted octanol–water partition coefficient (Wildman–Crippen LogP) is 5.40. The van der Waals surface area contributed by atoms with Crippen LogP contribution in [0.3, 0.4) is 0 Å². The normalized spacial score (nSPS) is 11.2. The molecule has 0 aliphatic carbocycles. The van der Waals surface area contributed by atoms with Crippen LogP contribution in [0.2, 0.25) is 0 Å². The van der Waals surface area contributed by atoms with Crippen molar-refractivity contribution >= 4 is 57.3 Å². The summed E-state index contributed by atoms with van der Waals surface area (Å²) < 4.78 is 7.59. The molecule has 3 aromatic carbocycles. The van der Waals surface area contributed by atoms with Gasteiger partial charge in [-0.1, -0.05) is 18.2 Å². The molecule has 0 saturated carbocycles. The number of anilines is 1. The fraction of sp³-hybridized carbons (Fsp3) is 0.148. The highest BCUT2D eigenvalue weighted by Crippen LogP contribution is 2.19. The Labute approximate surface area is 211 Å². The Morgan fingerprint density at radius 2 is 1.74 bits per heavy atom. The third-order valence-electron chi connectivity index (χ3n) is 5.33. The Hall–Kier alpha value is -3.46. The van der Waals surface area contributed by atoms with Gasteiger partial charge in [0.05, 0.1) is 28.8 Å². The molecule has 0 radical (unpaired) electrons. The zero-order valence-corrected chi connectivity index (χ0v) is 21.3.